The van der Waals surface area contributed by atoms with Crippen LogP contribution in [0.4, 0.5) is 0 Å². The van der Waals surface area contributed by atoms with Crippen molar-refractivity contribution in [2.24, 2.45) is 5.92 Å². The minimum absolute atomic E-state index is 0.366. The molecule has 0 aromatic carbocycles. The average molecular weight is 227 g/mol. The van der Waals surface area contributed by atoms with Gasteiger partial charge in [-0.05, 0) is 38.5 Å². The minimum atomic E-state index is 0.366. The lowest BCUT2D eigenvalue weighted by molar-refractivity contribution is -0.121. The van der Waals surface area contributed by atoms with Gasteiger partial charge in [-0.2, -0.15) is 11.8 Å². The monoisotopic (exact) mass is 227 g/mol. The fourth-order valence-corrected chi connectivity index (χ4v) is 3.53. The Hall–Kier alpha value is -0.0200. The summed E-state index contributed by atoms with van der Waals surface area (Å²) in [5.74, 6) is 0.881. The van der Waals surface area contributed by atoms with Crippen LogP contribution >= 0.6 is 11.8 Å². The van der Waals surface area contributed by atoms with Crippen LogP contribution in [0.2, 0.25) is 0 Å². The summed E-state index contributed by atoms with van der Waals surface area (Å²) >= 11 is 1.98. The molecule has 2 atom stereocenters. The van der Waals surface area contributed by atoms with E-state index in [2.05, 4.69) is 11.2 Å². The van der Waals surface area contributed by atoms with Crippen LogP contribution in [0, 0.1) is 5.92 Å². The molecule has 2 fully saturated rings. The highest BCUT2D eigenvalue weighted by atomic mass is 32.2. The summed E-state index contributed by atoms with van der Waals surface area (Å²) in [7, 11) is 0. The summed E-state index contributed by atoms with van der Waals surface area (Å²) in [6.07, 6.45) is 7.98. The molecule has 0 N–H and O–H groups in total. The van der Waals surface area contributed by atoms with Gasteiger partial charge in [0.2, 0.25) is 0 Å². The number of ketones is 1. The SMILES string of the molecule is CSC1CCCN(CC2CCCC2=O)C1. The summed E-state index contributed by atoms with van der Waals surface area (Å²) < 4.78 is 0. The molecule has 2 unspecified atom stereocenters. The van der Waals surface area contributed by atoms with Gasteiger partial charge in [-0.25, -0.2) is 0 Å². The van der Waals surface area contributed by atoms with Gasteiger partial charge in [-0.3, -0.25) is 4.79 Å². The zero-order valence-electron chi connectivity index (χ0n) is 9.58. The Labute approximate surface area is 96.8 Å². The lowest BCUT2D eigenvalue weighted by atomic mass is 10.0. The summed E-state index contributed by atoms with van der Waals surface area (Å²) in [5, 5.41) is 0.801. The quantitative estimate of drug-likeness (QED) is 0.737. The Balaban J connectivity index is 1.80. The van der Waals surface area contributed by atoms with Crippen molar-refractivity contribution in [1.29, 1.82) is 0 Å². The fraction of sp³-hybridized carbons (Fsp3) is 0.917. The number of carbonyl (C=O) groups excluding carboxylic acids is 1. The zero-order valence-corrected chi connectivity index (χ0v) is 10.4. The molecule has 1 heterocycles. The van der Waals surface area contributed by atoms with Crippen LogP contribution in [0.3, 0.4) is 0 Å². The third kappa shape index (κ3) is 2.97. The molecular weight excluding hydrogens is 206 g/mol. The number of piperidine rings is 1. The summed E-state index contributed by atoms with van der Waals surface area (Å²) in [6, 6.07) is 0. The highest BCUT2D eigenvalue weighted by Gasteiger charge is 2.28. The second-order valence-corrected chi connectivity index (χ2v) is 5.95. The van der Waals surface area contributed by atoms with Crippen molar-refractivity contribution in [2.75, 3.05) is 25.9 Å². The first kappa shape index (κ1) is 11.5. The van der Waals surface area contributed by atoms with E-state index < -0.39 is 0 Å². The van der Waals surface area contributed by atoms with Crippen LogP contribution in [-0.2, 0) is 4.79 Å². The smallest absolute Gasteiger partial charge is 0.137 e. The van der Waals surface area contributed by atoms with E-state index >= 15 is 0 Å². The third-order valence-electron chi connectivity index (χ3n) is 3.71. The van der Waals surface area contributed by atoms with Gasteiger partial charge in [0.1, 0.15) is 5.78 Å². The molecule has 0 bridgehead atoms. The van der Waals surface area contributed by atoms with E-state index in [0.717, 1.165) is 31.1 Å². The molecule has 0 spiro atoms. The van der Waals surface area contributed by atoms with Crippen molar-refractivity contribution in [2.45, 2.75) is 37.4 Å². The van der Waals surface area contributed by atoms with E-state index in [4.69, 9.17) is 0 Å². The summed E-state index contributed by atoms with van der Waals surface area (Å²) in [6.45, 7) is 3.45. The number of rotatable bonds is 3. The van der Waals surface area contributed by atoms with Crippen molar-refractivity contribution >= 4 is 17.5 Å². The van der Waals surface area contributed by atoms with Gasteiger partial charge in [0, 0.05) is 30.7 Å². The second kappa shape index (κ2) is 5.35. The number of hydrogen-bond acceptors (Lipinski definition) is 3. The van der Waals surface area contributed by atoms with E-state index in [9.17, 15) is 4.79 Å². The molecule has 1 saturated heterocycles. The number of Topliss-reactive ketones (excluding diaryl/α,β-unsaturated/α-hetero) is 1. The van der Waals surface area contributed by atoms with Crippen LogP contribution in [0.1, 0.15) is 32.1 Å². The van der Waals surface area contributed by atoms with Gasteiger partial charge < -0.3 is 4.90 Å². The maximum atomic E-state index is 11.6. The molecule has 1 aliphatic heterocycles. The van der Waals surface area contributed by atoms with Crippen molar-refractivity contribution in [3.05, 3.63) is 0 Å². The highest BCUT2D eigenvalue weighted by molar-refractivity contribution is 7.99. The van der Waals surface area contributed by atoms with Crippen molar-refractivity contribution in [1.82, 2.24) is 4.90 Å². The summed E-state index contributed by atoms with van der Waals surface area (Å²) in [5.41, 5.74) is 0. The van der Waals surface area contributed by atoms with Crippen LogP contribution in [0.5, 0.6) is 0 Å². The molecule has 2 aliphatic rings. The Morgan fingerprint density at radius 1 is 1.40 bits per heavy atom. The molecule has 0 radical (unpaired) electrons. The lowest BCUT2D eigenvalue weighted by Gasteiger charge is -2.33. The van der Waals surface area contributed by atoms with Crippen molar-refractivity contribution in [3.63, 3.8) is 0 Å². The predicted molar refractivity (Wildman–Crippen MR) is 65.3 cm³/mol. The van der Waals surface area contributed by atoms with E-state index in [-0.39, 0.29) is 0 Å². The zero-order chi connectivity index (χ0) is 10.7. The molecule has 0 amide bonds. The van der Waals surface area contributed by atoms with Gasteiger partial charge >= 0.3 is 0 Å². The van der Waals surface area contributed by atoms with Gasteiger partial charge in [0.25, 0.3) is 0 Å². The molecule has 1 saturated carbocycles. The summed E-state index contributed by atoms with van der Waals surface area (Å²) in [4.78, 5) is 14.1. The van der Waals surface area contributed by atoms with E-state index in [1.54, 1.807) is 0 Å². The first-order valence-corrected chi connectivity index (χ1v) is 7.36. The molecule has 3 heteroatoms. The topological polar surface area (TPSA) is 20.3 Å². The maximum absolute atomic E-state index is 11.6. The van der Waals surface area contributed by atoms with Gasteiger partial charge in [-0.1, -0.05) is 0 Å². The number of likely N-dealkylation sites (tertiary alicyclic amines) is 1. The molecular formula is C12H21NOS. The van der Waals surface area contributed by atoms with Crippen molar-refractivity contribution in [3.8, 4) is 0 Å². The van der Waals surface area contributed by atoms with Gasteiger partial charge in [0.15, 0.2) is 0 Å². The second-order valence-electron chi connectivity index (χ2n) is 4.81. The Morgan fingerprint density at radius 2 is 2.27 bits per heavy atom. The Bertz CT molecular complexity index is 232. The maximum Gasteiger partial charge on any atom is 0.137 e. The van der Waals surface area contributed by atoms with E-state index in [0.29, 0.717) is 11.7 Å². The van der Waals surface area contributed by atoms with Crippen molar-refractivity contribution < 1.29 is 4.79 Å². The standard InChI is InChI=1S/C12H21NOS/c1-15-11-5-3-7-13(9-11)8-10-4-2-6-12(10)14/h10-11H,2-9H2,1H3. The lowest BCUT2D eigenvalue weighted by Crippen LogP contribution is -2.40. The number of nitrogens with zero attached hydrogens (tertiary/aromatic N) is 1. The largest absolute Gasteiger partial charge is 0.302 e. The molecule has 2 rings (SSSR count). The van der Waals surface area contributed by atoms with Crippen LogP contribution < -0.4 is 0 Å². The highest BCUT2D eigenvalue weighted by Crippen LogP contribution is 2.25. The Morgan fingerprint density at radius 3 is 2.93 bits per heavy atom. The normalized spacial score (nSPS) is 33.5. The van der Waals surface area contributed by atoms with E-state index in [1.165, 1.54) is 25.9 Å². The molecule has 86 valence electrons. The van der Waals surface area contributed by atoms with E-state index in [1.807, 2.05) is 11.8 Å². The van der Waals surface area contributed by atoms with Crippen LogP contribution in [-0.4, -0.2) is 41.8 Å². The number of carbonyl (C=O) groups is 1. The average Bonchev–Trinajstić information content (AvgIpc) is 2.65. The molecule has 1 aliphatic carbocycles. The third-order valence-corrected chi connectivity index (χ3v) is 4.76. The predicted octanol–water partition coefficient (Wildman–Crippen LogP) is 2.18. The van der Waals surface area contributed by atoms with Gasteiger partial charge in [-0.15, -0.1) is 0 Å². The van der Waals surface area contributed by atoms with Gasteiger partial charge in [0.05, 0.1) is 0 Å². The van der Waals surface area contributed by atoms with Crippen LogP contribution in [0.15, 0.2) is 0 Å². The molecule has 0 aromatic heterocycles. The minimum Gasteiger partial charge on any atom is -0.302 e. The molecule has 2 nitrogen and oxygen atoms in total. The molecule has 15 heavy (non-hydrogen) atoms. The van der Waals surface area contributed by atoms with Crippen LogP contribution in [0.25, 0.3) is 0 Å². The molecule has 0 aromatic rings. The first-order valence-electron chi connectivity index (χ1n) is 6.07. The Kier molecular flexibility index (Phi) is 4.09. The number of hydrogen-bond donors (Lipinski definition) is 0. The first-order chi connectivity index (χ1) is 7.29. The number of thioether (sulfide) groups is 1. The fourth-order valence-electron chi connectivity index (χ4n) is 2.76.